The molecule has 0 unspecified atom stereocenters. The van der Waals surface area contributed by atoms with E-state index in [1.807, 2.05) is 13.8 Å². The quantitative estimate of drug-likeness (QED) is 0.557. The summed E-state index contributed by atoms with van der Waals surface area (Å²) in [6.45, 7) is 6.60. The van der Waals surface area contributed by atoms with Crippen LogP contribution in [0.4, 0.5) is 13.2 Å². The highest BCUT2D eigenvalue weighted by Gasteiger charge is 2.58. The number of nitrogens with one attached hydrogen (secondary N) is 1. The Hall–Kier alpha value is -2.46. The van der Waals surface area contributed by atoms with Gasteiger partial charge in [-0.05, 0) is 45.9 Å². The maximum atomic E-state index is 14.3. The van der Waals surface area contributed by atoms with Crippen LogP contribution in [-0.4, -0.2) is 41.6 Å². The average molecular weight is 508 g/mol. The molecule has 1 N–H and O–H groups in total. The van der Waals surface area contributed by atoms with Crippen LogP contribution in [0.2, 0.25) is 0 Å². The number of halogens is 3. The van der Waals surface area contributed by atoms with Gasteiger partial charge in [-0.3, -0.25) is 4.79 Å². The molecule has 196 valence electrons. The zero-order valence-electron chi connectivity index (χ0n) is 20.9. The molecule has 0 aromatic heterocycles. The van der Waals surface area contributed by atoms with Gasteiger partial charge in [0.15, 0.2) is 11.4 Å². The Morgan fingerprint density at radius 2 is 1.67 bits per heavy atom. The summed E-state index contributed by atoms with van der Waals surface area (Å²) in [6, 6.07) is 9.56. The number of carbonyl (C=O) groups is 1. The van der Waals surface area contributed by atoms with Crippen LogP contribution in [0.3, 0.4) is 0 Å². The Labute approximate surface area is 209 Å². The van der Waals surface area contributed by atoms with E-state index in [9.17, 15) is 18.0 Å². The Morgan fingerprint density at radius 1 is 1.00 bits per heavy atom. The summed E-state index contributed by atoms with van der Waals surface area (Å²) in [5.41, 5.74) is -1.37. The second kappa shape index (κ2) is 10.5. The van der Waals surface area contributed by atoms with Gasteiger partial charge in [-0.2, -0.15) is 0 Å². The number of amides is 1. The number of benzene rings is 2. The fourth-order valence-electron chi connectivity index (χ4n) is 4.79. The van der Waals surface area contributed by atoms with Gasteiger partial charge in [0.05, 0.1) is 25.4 Å². The number of carbonyl (C=O) groups excluding carboxylic acids is 1. The van der Waals surface area contributed by atoms with Crippen molar-refractivity contribution in [1.82, 2.24) is 5.32 Å². The Bertz CT molecular complexity index is 1070. The van der Waals surface area contributed by atoms with Crippen molar-refractivity contribution in [2.45, 2.75) is 89.5 Å². The van der Waals surface area contributed by atoms with E-state index >= 15 is 0 Å². The summed E-state index contributed by atoms with van der Waals surface area (Å²) in [4.78, 5) is 13.5. The molecule has 4 rings (SSSR count). The second-order valence-corrected chi connectivity index (χ2v) is 10.1. The zero-order chi connectivity index (χ0) is 26.1. The van der Waals surface area contributed by atoms with Crippen LogP contribution >= 0.6 is 0 Å². The van der Waals surface area contributed by atoms with Crippen molar-refractivity contribution in [2.24, 2.45) is 0 Å². The maximum Gasteiger partial charge on any atom is 0.252 e. The van der Waals surface area contributed by atoms with Gasteiger partial charge in [-0.25, -0.2) is 13.2 Å². The van der Waals surface area contributed by atoms with Crippen LogP contribution in [0.15, 0.2) is 42.5 Å². The van der Waals surface area contributed by atoms with Gasteiger partial charge in [0.25, 0.3) is 5.91 Å². The van der Waals surface area contributed by atoms with Crippen LogP contribution in [0.1, 0.15) is 51.7 Å². The van der Waals surface area contributed by atoms with E-state index in [4.69, 9.17) is 18.9 Å². The van der Waals surface area contributed by atoms with Crippen LogP contribution in [0.25, 0.3) is 0 Å². The summed E-state index contributed by atoms with van der Waals surface area (Å²) in [6.07, 6.45) is -1.81. The van der Waals surface area contributed by atoms with Gasteiger partial charge in [0.2, 0.25) is 0 Å². The number of hydrogen-bond donors (Lipinski definition) is 1. The van der Waals surface area contributed by atoms with E-state index in [-0.39, 0.29) is 37.7 Å². The first kappa shape index (κ1) is 26.6. The molecule has 1 aliphatic carbocycles. The fraction of sp³-hybridized carbons (Fsp3) is 0.519. The molecule has 2 aromatic rings. The van der Waals surface area contributed by atoms with E-state index in [1.54, 1.807) is 32.0 Å². The van der Waals surface area contributed by atoms with Gasteiger partial charge in [-0.15, -0.1) is 0 Å². The van der Waals surface area contributed by atoms with Gasteiger partial charge < -0.3 is 24.3 Å². The zero-order valence-corrected chi connectivity index (χ0v) is 20.9. The summed E-state index contributed by atoms with van der Waals surface area (Å²) < 4.78 is 67.2. The first-order valence-electron chi connectivity index (χ1n) is 12.1. The van der Waals surface area contributed by atoms with Crippen molar-refractivity contribution < 1.29 is 36.9 Å². The largest absolute Gasteiger partial charge is 0.370 e. The van der Waals surface area contributed by atoms with E-state index in [0.29, 0.717) is 5.56 Å². The third-order valence-electron chi connectivity index (χ3n) is 6.45. The summed E-state index contributed by atoms with van der Waals surface area (Å²) in [5.74, 6) is -3.27. The molecule has 1 saturated carbocycles. The highest BCUT2D eigenvalue weighted by atomic mass is 19.1. The molecule has 4 atom stereocenters. The summed E-state index contributed by atoms with van der Waals surface area (Å²) in [7, 11) is 0. The predicted octanol–water partition coefficient (Wildman–Crippen LogP) is 4.78. The first-order chi connectivity index (χ1) is 17.0. The molecular formula is C27H32F3NO5. The Kier molecular flexibility index (Phi) is 7.75. The minimum Gasteiger partial charge on any atom is -0.370 e. The van der Waals surface area contributed by atoms with Crippen molar-refractivity contribution in [1.29, 1.82) is 0 Å². The summed E-state index contributed by atoms with van der Waals surface area (Å²) >= 11 is 0. The van der Waals surface area contributed by atoms with Crippen LogP contribution in [-0.2, 0) is 37.0 Å². The maximum absolute atomic E-state index is 14.3. The smallest absolute Gasteiger partial charge is 0.252 e. The number of hydrogen-bond acceptors (Lipinski definition) is 5. The lowest BCUT2D eigenvalue weighted by Gasteiger charge is -2.43. The van der Waals surface area contributed by atoms with E-state index < -0.39 is 53.1 Å². The summed E-state index contributed by atoms with van der Waals surface area (Å²) in [5, 5.41) is 2.89. The molecule has 2 fully saturated rings. The van der Waals surface area contributed by atoms with E-state index in [1.165, 1.54) is 12.1 Å². The number of rotatable bonds is 8. The van der Waals surface area contributed by atoms with Gasteiger partial charge in [0.1, 0.15) is 23.6 Å². The third-order valence-corrected chi connectivity index (χ3v) is 6.45. The molecule has 2 aromatic carbocycles. The van der Waals surface area contributed by atoms with Gasteiger partial charge in [-0.1, -0.05) is 24.3 Å². The van der Waals surface area contributed by atoms with Gasteiger partial charge >= 0.3 is 0 Å². The molecule has 1 aliphatic heterocycles. The normalized spacial score (nSPS) is 27.2. The second-order valence-electron chi connectivity index (χ2n) is 10.1. The average Bonchev–Trinajstić information content (AvgIpc) is 3.11. The van der Waals surface area contributed by atoms with Crippen molar-refractivity contribution in [3.05, 3.63) is 71.0 Å². The van der Waals surface area contributed by atoms with E-state index in [0.717, 1.165) is 12.1 Å². The lowest BCUT2D eigenvalue weighted by molar-refractivity contribution is -0.184. The lowest BCUT2D eigenvalue weighted by atomic mass is 9.78. The molecule has 0 spiro atoms. The molecular weight excluding hydrogens is 475 g/mol. The molecule has 9 heteroatoms. The Morgan fingerprint density at radius 3 is 2.33 bits per heavy atom. The molecule has 6 nitrogen and oxygen atoms in total. The van der Waals surface area contributed by atoms with Gasteiger partial charge in [0, 0.05) is 30.0 Å². The number of fused-ring (bicyclic) bond motifs is 1. The fourth-order valence-corrected chi connectivity index (χ4v) is 4.79. The minimum absolute atomic E-state index is 0.0245. The van der Waals surface area contributed by atoms with Crippen LogP contribution in [0.5, 0.6) is 0 Å². The van der Waals surface area contributed by atoms with Crippen molar-refractivity contribution in [3.8, 4) is 0 Å². The highest BCUT2D eigenvalue weighted by molar-refractivity contribution is 5.85. The Balaban J connectivity index is 1.64. The molecule has 0 bridgehead atoms. The topological polar surface area (TPSA) is 66.0 Å². The lowest BCUT2D eigenvalue weighted by Crippen LogP contribution is -2.60. The molecule has 0 radical (unpaired) electrons. The molecule has 1 heterocycles. The van der Waals surface area contributed by atoms with Crippen molar-refractivity contribution >= 4 is 5.91 Å². The molecule has 1 saturated heterocycles. The van der Waals surface area contributed by atoms with Crippen LogP contribution in [0, 0.1) is 17.5 Å². The monoisotopic (exact) mass is 507 g/mol. The predicted molar refractivity (Wildman–Crippen MR) is 125 cm³/mol. The van der Waals surface area contributed by atoms with Crippen molar-refractivity contribution in [3.63, 3.8) is 0 Å². The highest BCUT2D eigenvalue weighted by Crippen LogP contribution is 2.44. The number of ether oxygens (including phenoxy) is 4. The third kappa shape index (κ3) is 5.75. The van der Waals surface area contributed by atoms with Crippen LogP contribution < -0.4 is 5.32 Å². The minimum atomic E-state index is -1.45. The molecule has 1 amide bonds. The molecule has 2 aliphatic rings. The van der Waals surface area contributed by atoms with Crippen molar-refractivity contribution in [2.75, 3.05) is 0 Å². The van der Waals surface area contributed by atoms with E-state index in [2.05, 4.69) is 5.32 Å². The SMILES string of the molecule is CC(C)NC(=O)[C@@]1(OCc2ccccc2F)C[C@H](OCc2c(F)cccc2F)[C@@H]2OC(C)(C)O[C@@H]2C1. The standard InChI is InChI=1S/C27H32F3NO5/c1-16(2)31-25(32)27(34-14-17-8-5-6-9-19(17)28)12-22(24-23(13-27)35-26(3,4)36-24)33-15-18-20(29)10-7-11-21(18)30/h5-11,16,22-24H,12-15H2,1-4H3,(H,31,32)/t22-,23+,24-,27+/m0/s1. The first-order valence-corrected chi connectivity index (χ1v) is 12.1. The molecule has 36 heavy (non-hydrogen) atoms.